The number of carbonyl (C=O) groups excluding carboxylic acids is 1. The van der Waals surface area contributed by atoms with Gasteiger partial charge in [-0.05, 0) is 30.2 Å². The van der Waals surface area contributed by atoms with Crippen molar-refractivity contribution in [3.05, 3.63) is 80.6 Å². The Labute approximate surface area is 167 Å². The van der Waals surface area contributed by atoms with Crippen LogP contribution in [-0.2, 0) is 15.1 Å². The Balaban J connectivity index is 1.80. The predicted molar refractivity (Wildman–Crippen MR) is 111 cm³/mol. The summed E-state index contributed by atoms with van der Waals surface area (Å²) < 4.78 is 7.13. The molecule has 2 atom stereocenters. The van der Waals surface area contributed by atoms with Crippen LogP contribution in [0.2, 0.25) is 5.02 Å². The highest BCUT2D eigenvalue weighted by Gasteiger charge is 2.45. The number of cyclic esters (lactones) is 1. The van der Waals surface area contributed by atoms with Crippen LogP contribution < -0.4 is 0 Å². The Morgan fingerprint density at radius 2 is 1.81 bits per heavy atom. The zero-order valence-corrected chi connectivity index (χ0v) is 16.8. The van der Waals surface area contributed by atoms with E-state index in [9.17, 15) is 4.79 Å². The smallest absolute Gasteiger partial charge is 0.337 e. The van der Waals surface area contributed by atoms with E-state index in [1.54, 1.807) is 23.5 Å². The zero-order valence-electron chi connectivity index (χ0n) is 14.4. The van der Waals surface area contributed by atoms with Crippen molar-refractivity contribution < 1.29 is 9.53 Å². The largest absolute Gasteiger partial charge is 0.451 e. The van der Waals surface area contributed by atoms with Gasteiger partial charge in [0.05, 0.1) is 9.81 Å². The lowest BCUT2D eigenvalue weighted by molar-refractivity contribution is -0.160. The van der Waals surface area contributed by atoms with Gasteiger partial charge in [-0.25, -0.2) is 4.79 Å². The van der Waals surface area contributed by atoms with Crippen molar-refractivity contribution in [1.82, 2.24) is 0 Å². The zero-order chi connectivity index (χ0) is 18.1. The van der Waals surface area contributed by atoms with Crippen molar-refractivity contribution in [2.75, 3.05) is 11.5 Å². The predicted octanol–water partition coefficient (Wildman–Crippen LogP) is 5.98. The summed E-state index contributed by atoms with van der Waals surface area (Å²) in [6.45, 7) is 1.99. The molecule has 0 radical (unpaired) electrons. The van der Waals surface area contributed by atoms with E-state index in [4.69, 9.17) is 16.3 Å². The monoisotopic (exact) mass is 402 g/mol. The van der Waals surface area contributed by atoms with Crippen LogP contribution >= 0.6 is 35.1 Å². The standard InChI is InChI=1S/C21H19ClO2S2/c1-21(15-8-5-9-16(22)12-15)13-17(14-6-3-2-4-7-14)18(19(23)24-21)20-25-10-11-26-20/h2-9,12,17H,10-11,13H2,1H3. The first kappa shape index (κ1) is 18.0. The summed E-state index contributed by atoms with van der Waals surface area (Å²) in [6, 6.07) is 17.9. The van der Waals surface area contributed by atoms with E-state index in [2.05, 4.69) is 12.1 Å². The third kappa shape index (κ3) is 3.42. The van der Waals surface area contributed by atoms with Crippen molar-refractivity contribution in [2.45, 2.75) is 24.9 Å². The summed E-state index contributed by atoms with van der Waals surface area (Å²) in [5.41, 5.74) is 2.23. The third-order valence-corrected chi connectivity index (χ3v) is 7.87. The molecule has 2 aliphatic heterocycles. The van der Waals surface area contributed by atoms with Crippen LogP contribution in [0.25, 0.3) is 0 Å². The topological polar surface area (TPSA) is 26.3 Å². The van der Waals surface area contributed by atoms with Crippen molar-refractivity contribution in [1.29, 1.82) is 0 Å². The maximum Gasteiger partial charge on any atom is 0.337 e. The van der Waals surface area contributed by atoms with Gasteiger partial charge in [-0.2, -0.15) is 0 Å². The number of ether oxygens (including phenoxy) is 1. The van der Waals surface area contributed by atoms with Gasteiger partial charge in [-0.1, -0.05) is 54.1 Å². The van der Waals surface area contributed by atoms with E-state index >= 15 is 0 Å². The molecule has 2 unspecified atom stereocenters. The molecule has 0 aliphatic carbocycles. The molecule has 0 amide bonds. The van der Waals surface area contributed by atoms with Crippen molar-refractivity contribution in [3.63, 3.8) is 0 Å². The van der Waals surface area contributed by atoms with Gasteiger partial charge in [-0.15, -0.1) is 23.5 Å². The fourth-order valence-corrected chi connectivity index (χ4v) is 6.41. The quantitative estimate of drug-likeness (QED) is 0.456. The molecule has 0 aromatic heterocycles. The molecule has 2 nitrogen and oxygen atoms in total. The minimum atomic E-state index is -0.694. The Hall–Kier alpha value is -1.36. The molecule has 2 heterocycles. The fraction of sp³-hybridized carbons (Fsp3) is 0.286. The highest BCUT2D eigenvalue weighted by Crippen LogP contribution is 2.51. The molecular formula is C21H19ClO2S2. The van der Waals surface area contributed by atoms with Crippen LogP contribution in [0.4, 0.5) is 0 Å². The summed E-state index contributed by atoms with van der Waals surface area (Å²) in [7, 11) is 0. The molecule has 2 aromatic rings. The average Bonchev–Trinajstić information content (AvgIpc) is 3.16. The Morgan fingerprint density at radius 1 is 1.08 bits per heavy atom. The second-order valence-electron chi connectivity index (χ2n) is 6.70. The van der Waals surface area contributed by atoms with E-state index < -0.39 is 5.60 Å². The summed E-state index contributed by atoms with van der Waals surface area (Å²) >= 11 is 9.73. The van der Waals surface area contributed by atoms with E-state index in [1.807, 2.05) is 49.4 Å². The third-order valence-electron chi connectivity index (χ3n) is 4.89. The molecule has 0 bridgehead atoms. The average molecular weight is 403 g/mol. The first-order valence-corrected chi connectivity index (χ1v) is 11.0. The summed E-state index contributed by atoms with van der Waals surface area (Å²) in [6.07, 6.45) is 0.711. The van der Waals surface area contributed by atoms with Crippen LogP contribution in [0, 0.1) is 0 Å². The van der Waals surface area contributed by atoms with E-state index in [-0.39, 0.29) is 11.9 Å². The molecular weight excluding hydrogens is 384 g/mol. The van der Waals surface area contributed by atoms with Gasteiger partial charge in [0, 0.05) is 28.9 Å². The summed E-state index contributed by atoms with van der Waals surface area (Å²) in [5.74, 6) is 1.91. The number of benzene rings is 2. The first-order valence-electron chi connectivity index (χ1n) is 8.61. The Bertz CT molecular complexity index is 857. The normalized spacial score (nSPS) is 26.1. The molecule has 4 rings (SSSR count). The highest BCUT2D eigenvalue weighted by atomic mass is 35.5. The van der Waals surface area contributed by atoms with Crippen molar-refractivity contribution in [3.8, 4) is 0 Å². The van der Waals surface area contributed by atoms with Gasteiger partial charge >= 0.3 is 5.97 Å². The number of thioether (sulfide) groups is 2. The van der Waals surface area contributed by atoms with Gasteiger partial charge in [0.2, 0.25) is 0 Å². The molecule has 0 N–H and O–H groups in total. The molecule has 2 saturated heterocycles. The molecule has 0 spiro atoms. The van der Waals surface area contributed by atoms with Gasteiger partial charge in [-0.3, -0.25) is 0 Å². The van der Waals surface area contributed by atoms with Gasteiger partial charge in [0.25, 0.3) is 0 Å². The number of hydrogen-bond acceptors (Lipinski definition) is 4. The highest BCUT2D eigenvalue weighted by molar-refractivity contribution is 8.25. The lowest BCUT2D eigenvalue weighted by Crippen LogP contribution is -2.38. The molecule has 2 aromatic carbocycles. The number of rotatable bonds is 2. The first-order chi connectivity index (χ1) is 12.6. The molecule has 0 saturated carbocycles. The molecule has 2 fully saturated rings. The van der Waals surface area contributed by atoms with Crippen molar-refractivity contribution >= 4 is 41.1 Å². The SMILES string of the molecule is CC1(c2cccc(Cl)c2)CC(c2ccccc2)C(=C2SCCS2)C(=O)O1. The minimum Gasteiger partial charge on any atom is -0.451 e. The van der Waals surface area contributed by atoms with Crippen molar-refractivity contribution in [2.24, 2.45) is 0 Å². The van der Waals surface area contributed by atoms with E-state index in [1.165, 1.54) is 0 Å². The molecule has 26 heavy (non-hydrogen) atoms. The minimum absolute atomic E-state index is 0.0227. The van der Waals surface area contributed by atoms with Crippen LogP contribution in [0.3, 0.4) is 0 Å². The molecule has 5 heteroatoms. The van der Waals surface area contributed by atoms with Gasteiger partial charge < -0.3 is 4.74 Å². The van der Waals surface area contributed by atoms with Crippen LogP contribution in [0.15, 0.2) is 64.4 Å². The van der Waals surface area contributed by atoms with Crippen LogP contribution in [-0.4, -0.2) is 17.5 Å². The van der Waals surface area contributed by atoms with Gasteiger partial charge in [0.15, 0.2) is 0 Å². The number of esters is 1. The number of halogens is 1. The second-order valence-corrected chi connectivity index (χ2v) is 9.60. The number of hydrogen-bond donors (Lipinski definition) is 0. The Morgan fingerprint density at radius 3 is 2.50 bits per heavy atom. The van der Waals surface area contributed by atoms with Crippen LogP contribution in [0.5, 0.6) is 0 Å². The molecule has 2 aliphatic rings. The molecule has 134 valence electrons. The summed E-state index contributed by atoms with van der Waals surface area (Å²) in [4.78, 5) is 13.1. The number of carbonyl (C=O) groups is 1. The maximum atomic E-state index is 13.1. The maximum absolute atomic E-state index is 13.1. The fourth-order valence-electron chi connectivity index (χ4n) is 3.59. The van der Waals surface area contributed by atoms with E-state index in [0.29, 0.717) is 11.4 Å². The van der Waals surface area contributed by atoms with Crippen LogP contribution in [0.1, 0.15) is 30.4 Å². The van der Waals surface area contributed by atoms with E-state index in [0.717, 1.165) is 32.4 Å². The summed E-state index contributed by atoms with van der Waals surface area (Å²) in [5, 5.41) is 0.655. The second kappa shape index (κ2) is 7.34. The van der Waals surface area contributed by atoms with Gasteiger partial charge in [0.1, 0.15) is 5.60 Å². The lowest BCUT2D eigenvalue weighted by Gasteiger charge is -2.40. The lowest BCUT2D eigenvalue weighted by atomic mass is 9.77. The Kier molecular flexibility index (Phi) is 5.09.